The van der Waals surface area contributed by atoms with Crippen molar-refractivity contribution in [1.82, 2.24) is 10.6 Å². The van der Waals surface area contributed by atoms with E-state index in [1.54, 1.807) is 12.1 Å². The Morgan fingerprint density at radius 1 is 0.880 bits per heavy atom. The topological polar surface area (TPSA) is 41.1 Å². The average molecular weight is 354 g/mol. The van der Waals surface area contributed by atoms with Crippen LogP contribution in [0.4, 0.5) is 22.4 Å². The molecule has 0 aliphatic carbocycles. The molecule has 2 N–H and O–H groups in total. The van der Waals surface area contributed by atoms with Crippen molar-refractivity contribution >= 4 is 6.03 Å². The van der Waals surface area contributed by atoms with Crippen LogP contribution in [0.3, 0.4) is 0 Å². The van der Waals surface area contributed by atoms with Gasteiger partial charge in [-0.25, -0.2) is 9.18 Å². The summed E-state index contributed by atoms with van der Waals surface area (Å²) in [5.41, 5.74) is 0.789. The predicted molar refractivity (Wildman–Crippen MR) is 86.7 cm³/mol. The Kier molecular flexibility index (Phi) is 6.38. The van der Waals surface area contributed by atoms with E-state index in [-0.39, 0.29) is 11.8 Å². The molecule has 2 rings (SSSR count). The average Bonchev–Trinajstić information content (AvgIpc) is 2.54. The van der Waals surface area contributed by atoms with Crippen LogP contribution >= 0.6 is 0 Å². The first kappa shape index (κ1) is 18.8. The molecule has 0 aliphatic rings. The summed E-state index contributed by atoms with van der Waals surface area (Å²) in [6, 6.07) is 10.6. The molecule has 3 nitrogen and oxygen atoms in total. The first-order valence-corrected chi connectivity index (χ1v) is 7.77. The lowest BCUT2D eigenvalue weighted by molar-refractivity contribution is -0.137. The first-order valence-electron chi connectivity index (χ1n) is 7.77. The summed E-state index contributed by atoms with van der Waals surface area (Å²) in [6.45, 7) is 0.659. The molecule has 0 aromatic heterocycles. The quantitative estimate of drug-likeness (QED) is 0.759. The van der Waals surface area contributed by atoms with Gasteiger partial charge in [0.2, 0.25) is 0 Å². The fraction of sp³-hybridized carbons (Fsp3) is 0.278. The van der Waals surface area contributed by atoms with E-state index in [4.69, 9.17) is 0 Å². The molecule has 0 atom stereocenters. The molecule has 7 heteroatoms. The van der Waals surface area contributed by atoms with Crippen LogP contribution in [0.15, 0.2) is 48.5 Å². The van der Waals surface area contributed by atoms with Crippen LogP contribution in [-0.2, 0) is 19.0 Å². The summed E-state index contributed by atoms with van der Waals surface area (Å²) in [7, 11) is 0. The molecular weight excluding hydrogens is 336 g/mol. The third-order valence-corrected chi connectivity index (χ3v) is 3.57. The number of rotatable bonds is 6. The molecule has 0 radical (unpaired) electrons. The first-order chi connectivity index (χ1) is 11.8. The second kappa shape index (κ2) is 8.50. The minimum absolute atomic E-state index is 0.303. The Labute approximate surface area is 143 Å². The number of carbonyl (C=O) groups is 1. The Morgan fingerprint density at radius 2 is 1.48 bits per heavy atom. The number of hydrogen-bond acceptors (Lipinski definition) is 1. The largest absolute Gasteiger partial charge is 0.416 e. The fourth-order valence-corrected chi connectivity index (χ4v) is 2.26. The Morgan fingerprint density at radius 3 is 2.04 bits per heavy atom. The maximum atomic E-state index is 13.0. The van der Waals surface area contributed by atoms with Crippen LogP contribution < -0.4 is 10.6 Å². The minimum atomic E-state index is -4.35. The molecule has 2 amide bonds. The van der Waals surface area contributed by atoms with E-state index in [0.29, 0.717) is 31.5 Å². The van der Waals surface area contributed by atoms with Gasteiger partial charge in [0.1, 0.15) is 5.82 Å². The van der Waals surface area contributed by atoms with Gasteiger partial charge in [-0.3, -0.25) is 0 Å². The molecule has 0 fully saturated rings. The number of carbonyl (C=O) groups excluding carboxylic acids is 1. The second-order valence-corrected chi connectivity index (χ2v) is 5.51. The van der Waals surface area contributed by atoms with Crippen molar-refractivity contribution in [3.8, 4) is 0 Å². The minimum Gasteiger partial charge on any atom is -0.338 e. The molecule has 0 saturated carbocycles. The maximum Gasteiger partial charge on any atom is 0.416 e. The van der Waals surface area contributed by atoms with Gasteiger partial charge in [-0.2, -0.15) is 13.2 Å². The summed E-state index contributed by atoms with van der Waals surface area (Å²) < 4.78 is 50.4. The van der Waals surface area contributed by atoms with Crippen molar-refractivity contribution < 1.29 is 22.4 Å². The SMILES string of the molecule is O=C(NCCc1ccc(C(F)(F)F)cc1)NCCc1cccc(F)c1. The van der Waals surface area contributed by atoms with Gasteiger partial charge in [-0.05, 0) is 48.2 Å². The zero-order chi connectivity index (χ0) is 18.3. The van der Waals surface area contributed by atoms with Crippen LogP contribution in [0, 0.1) is 5.82 Å². The van der Waals surface area contributed by atoms with Gasteiger partial charge < -0.3 is 10.6 Å². The van der Waals surface area contributed by atoms with E-state index < -0.39 is 11.7 Å². The lowest BCUT2D eigenvalue weighted by Crippen LogP contribution is -2.37. The van der Waals surface area contributed by atoms with Crippen LogP contribution in [0.1, 0.15) is 16.7 Å². The molecule has 0 heterocycles. The van der Waals surface area contributed by atoms with Crippen LogP contribution in [0.5, 0.6) is 0 Å². The number of amides is 2. The Balaban J connectivity index is 1.66. The van der Waals surface area contributed by atoms with Crippen molar-refractivity contribution in [2.45, 2.75) is 19.0 Å². The molecule has 2 aromatic rings. The van der Waals surface area contributed by atoms with Crippen LogP contribution in [0.2, 0.25) is 0 Å². The van der Waals surface area contributed by atoms with E-state index in [1.807, 2.05) is 0 Å². The van der Waals surface area contributed by atoms with Crippen molar-refractivity contribution in [3.05, 3.63) is 71.0 Å². The van der Waals surface area contributed by atoms with Crippen molar-refractivity contribution in [2.75, 3.05) is 13.1 Å². The highest BCUT2D eigenvalue weighted by Gasteiger charge is 2.29. The number of urea groups is 1. The zero-order valence-corrected chi connectivity index (χ0v) is 13.4. The number of nitrogens with one attached hydrogen (secondary N) is 2. The highest BCUT2D eigenvalue weighted by molar-refractivity contribution is 5.73. The van der Waals surface area contributed by atoms with Gasteiger partial charge in [-0.15, -0.1) is 0 Å². The molecule has 0 bridgehead atoms. The summed E-state index contributed by atoms with van der Waals surface area (Å²) in [6.07, 6.45) is -3.42. The van der Waals surface area contributed by atoms with E-state index in [0.717, 1.165) is 17.7 Å². The monoisotopic (exact) mass is 354 g/mol. The third-order valence-electron chi connectivity index (χ3n) is 3.57. The van der Waals surface area contributed by atoms with Gasteiger partial charge in [0.25, 0.3) is 0 Å². The van der Waals surface area contributed by atoms with Gasteiger partial charge in [0.05, 0.1) is 5.56 Å². The molecule has 0 aliphatic heterocycles. The molecular formula is C18H18F4N2O. The third kappa shape index (κ3) is 6.45. The van der Waals surface area contributed by atoms with Crippen molar-refractivity contribution in [2.24, 2.45) is 0 Å². The number of benzene rings is 2. The van der Waals surface area contributed by atoms with Crippen molar-refractivity contribution in [3.63, 3.8) is 0 Å². The van der Waals surface area contributed by atoms with Gasteiger partial charge >= 0.3 is 12.2 Å². The molecule has 0 spiro atoms. The van der Waals surface area contributed by atoms with Crippen LogP contribution in [0.25, 0.3) is 0 Å². The summed E-state index contributed by atoms with van der Waals surface area (Å²) in [5.74, 6) is -0.321. The molecule has 25 heavy (non-hydrogen) atoms. The van der Waals surface area contributed by atoms with Gasteiger partial charge in [0, 0.05) is 13.1 Å². The number of halogens is 4. The van der Waals surface area contributed by atoms with E-state index in [1.165, 1.54) is 24.3 Å². The smallest absolute Gasteiger partial charge is 0.338 e. The molecule has 0 saturated heterocycles. The number of hydrogen-bond donors (Lipinski definition) is 2. The molecule has 2 aromatic carbocycles. The predicted octanol–water partition coefficient (Wildman–Crippen LogP) is 3.93. The highest BCUT2D eigenvalue weighted by Crippen LogP contribution is 2.29. The van der Waals surface area contributed by atoms with Crippen molar-refractivity contribution in [1.29, 1.82) is 0 Å². The molecule has 134 valence electrons. The summed E-state index contributed by atoms with van der Waals surface area (Å²) in [5, 5.41) is 5.27. The lowest BCUT2D eigenvalue weighted by Gasteiger charge is -2.09. The van der Waals surface area contributed by atoms with Gasteiger partial charge in [-0.1, -0.05) is 24.3 Å². The maximum absolute atomic E-state index is 13.0. The summed E-state index contributed by atoms with van der Waals surface area (Å²) >= 11 is 0. The zero-order valence-electron chi connectivity index (χ0n) is 13.4. The summed E-state index contributed by atoms with van der Waals surface area (Å²) in [4.78, 5) is 11.6. The van der Waals surface area contributed by atoms with Gasteiger partial charge in [0.15, 0.2) is 0 Å². The van der Waals surface area contributed by atoms with E-state index >= 15 is 0 Å². The molecule has 0 unspecified atom stereocenters. The number of alkyl halides is 3. The highest BCUT2D eigenvalue weighted by atomic mass is 19.4. The lowest BCUT2D eigenvalue weighted by atomic mass is 10.1. The Bertz CT molecular complexity index is 699. The van der Waals surface area contributed by atoms with Crippen LogP contribution in [-0.4, -0.2) is 19.1 Å². The second-order valence-electron chi connectivity index (χ2n) is 5.51. The van der Waals surface area contributed by atoms with E-state index in [2.05, 4.69) is 10.6 Å². The standard InChI is InChI=1S/C18H18F4N2O/c19-16-3-1-2-14(12-16)9-11-24-17(25)23-10-8-13-4-6-15(7-5-13)18(20,21)22/h1-7,12H,8-11H2,(H2,23,24,25). The fourth-order valence-electron chi connectivity index (χ4n) is 2.26. The van der Waals surface area contributed by atoms with E-state index in [9.17, 15) is 22.4 Å². The Hall–Kier alpha value is -2.57. The normalized spacial score (nSPS) is 11.2.